The van der Waals surface area contributed by atoms with Gasteiger partial charge in [0.05, 0.1) is 0 Å². The topological polar surface area (TPSA) is 78.1 Å². The Bertz CT molecular complexity index is 502. The van der Waals surface area contributed by atoms with Crippen LogP contribution in [0.1, 0.15) is 30.8 Å². The van der Waals surface area contributed by atoms with Crippen molar-refractivity contribution < 1.29 is 4.42 Å². The van der Waals surface area contributed by atoms with Crippen molar-refractivity contribution in [3.8, 4) is 0 Å². The fourth-order valence-electron chi connectivity index (χ4n) is 2.10. The van der Waals surface area contributed by atoms with Gasteiger partial charge in [0, 0.05) is 13.0 Å². The minimum absolute atomic E-state index is 0.0418. The fourth-order valence-corrected chi connectivity index (χ4v) is 2.10. The molecule has 1 aromatic carbocycles. The second-order valence-electron chi connectivity index (χ2n) is 4.39. The molecule has 0 saturated carbocycles. The van der Waals surface area contributed by atoms with E-state index in [4.69, 9.17) is 15.9 Å². The summed E-state index contributed by atoms with van der Waals surface area (Å²) in [6.45, 7) is 4.55. The highest BCUT2D eigenvalue weighted by atomic mass is 16.3. The van der Waals surface area contributed by atoms with E-state index in [0.29, 0.717) is 18.4 Å². The van der Waals surface area contributed by atoms with E-state index in [0.717, 1.165) is 23.1 Å². The predicted molar refractivity (Wildman–Crippen MR) is 68.5 cm³/mol. The zero-order valence-electron chi connectivity index (χ0n) is 10.3. The summed E-state index contributed by atoms with van der Waals surface area (Å²) < 4.78 is 5.51. The largest absolute Gasteiger partial charge is 0.441 e. The third-order valence-electron chi connectivity index (χ3n) is 3.24. The molecule has 4 N–H and O–H groups in total. The number of oxazole rings is 1. The standard InChI is InChI=1S/C13H19N3O/c1-3-9(7-14)13(15)10-4-5-11-12(6-10)17-8(2)16-11/h4-6,9,13H,3,7,14-15H2,1-2H3. The minimum atomic E-state index is -0.0418. The van der Waals surface area contributed by atoms with Gasteiger partial charge in [-0.25, -0.2) is 4.98 Å². The number of hydrogen-bond acceptors (Lipinski definition) is 4. The summed E-state index contributed by atoms with van der Waals surface area (Å²) in [6.07, 6.45) is 0.977. The molecule has 17 heavy (non-hydrogen) atoms. The van der Waals surface area contributed by atoms with E-state index in [9.17, 15) is 0 Å². The van der Waals surface area contributed by atoms with Crippen molar-refractivity contribution in [3.05, 3.63) is 29.7 Å². The van der Waals surface area contributed by atoms with Gasteiger partial charge >= 0.3 is 0 Å². The monoisotopic (exact) mass is 233 g/mol. The van der Waals surface area contributed by atoms with Gasteiger partial charge in [0.15, 0.2) is 11.5 Å². The van der Waals surface area contributed by atoms with E-state index < -0.39 is 0 Å². The van der Waals surface area contributed by atoms with Crippen LogP contribution in [-0.2, 0) is 0 Å². The molecule has 1 aromatic heterocycles. The van der Waals surface area contributed by atoms with Gasteiger partial charge in [0.1, 0.15) is 5.52 Å². The van der Waals surface area contributed by atoms with Crippen molar-refractivity contribution in [1.29, 1.82) is 0 Å². The molecule has 4 nitrogen and oxygen atoms in total. The maximum atomic E-state index is 6.22. The zero-order chi connectivity index (χ0) is 12.4. The van der Waals surface area contributed by atoms with E-state index in [1.54, 1.807) is 0 Å². The Labute approximate surface area is 101 Å². The van der Waals surface area contributed by atoms with E-state index >= 15 is 0 Å². The summed E-state index contributed by atoms with van der Waals surface area (Å²) in [4.78, 5) is 4.27. The second-order valence-corrected chi connectivity index (χ2v) is 4.39. The molecule has 2 atom stereocenters. The fraction of sp³-hybridized carbons (Fsp3) is 0.462. The lowest BCUT2D eigenvalue weighted by Gasteiger charge is -2.21. The van der Waals surface area contributed by atoms with E-state index in [2.05, 4.69) is 11.9 Å². The first-order chi connectivity index (χ1) is 8.15. The van der Waals surface area contributed by atoms with Crippen LogP contribution in [0.4, 0.5) is 0 Å². The van der Waals surface area contributed by atoms with Crippen LogP contribution in [0.2, 0.25) is 0 Å². The molecule has 0 amide bonds. The summed E-state index contributed by atoms with van der Waals surface area (Å²) in [5, 5.41) is 0. The van der Waals surface area contributed by atoms with Crippen LogP contribution >= 0.6 is 0 Å². The first-order valence-electron chi connectivity index (χ1n) is 5.98. The summed E-state index contributed by atoms with van der Waals surface area (Å²) >= 11 is 0. The number of rotatable bonds is 4. The van der Waals surface area contributed by atoms with E-state index in [1.165, 1.54) is 0 Å². The molecule has 0 saturated heterocycles. The third kappa shape index (κ3) is 2.33. The van der Waals surface area contributed by atoms with Gasteiger partial charge in [-0.3, -0.25) is 0 Å². The van der Waals surface area contributed by atoms with Crippen LogP contribution in [-0.4, -0.2) is 11.5 Å². The molecule has 0 aliphatic rings. The van der Waals surface area contributed by atoms with Crippen LogP contribution in [0.5, 0.6) is 0 Å². The number of aryl methyl sites for hydroxylation is 1. The van der Waals surface area contributed by atoms with Gasteiger partial charge in [-0.2, -0.15) is 0 Å². The van der Waals surface area contributed by atoms with Crippen LogP contribution in [0, 0.1) is 12.8 Å². The molecule has 1 heterocycles. The number of benzene rings is 1. The smallest absolute Gasteiger partial charge is 0.192 e. The van der Waals surface area contributed by atoms with Crippen molar-refractivity contribution in [2.24, 2.45) is 17.4 Å². The number of fused-ring (bicyclic) bond motifs is 1. The molecule has 0 fully saturated rings. The van der Waals surface area contributed by atoms with Crippen molar-refractivity contribution in [1.82, 2.24) is 4.98 Å². The summed E-state index contributed by atoms with van der Waals surface area (Å²) in [7, 11) is 0. The number of nitrogens with zero attached hydrogens (tertiary/aromatic N) is 1. The normalized spacial score (nSPS) is 15.1. The molecule has 92 valence electrons. The Kier molecular flexibility index (Phi) is 3.45. The average molecular weight is 233 g/mol. The summed E-state index contributed by atoms with van der Waals surface area (Å²) in [5.74, 6) is 0.980. The SMILES string of the molecule is CCC(CN)C(N)c1ccc2nc(C)oc2c1. The highest BCUT2D eigenvalue weighted by Crippen LogP contribution is 2.25. The van der Waals surface area contributed by atoms with Gasteiger partial charge in [0.2, 0.25) is 0 Å². The molecule has 0 aliphatic carbocycles. The van der Waals surface area contributed by atoms with Crippen LogP contribution in [0.3, 0.4) is 0 Å². The summed E-state index contributed by atoms with van der Waals surface area (Å²) in [6, 6.07) is 5.88. The molecule has 0 spiro atoms. The Morgan fingerprint density at radius 3 is 2.82 bits per heavy atom. The van der Waals surface area contributed by atoms with Crippen molar-refractivity contribution in [2.45, 2.75) is 26.3 Å². The van der Waals surface area contributed by atoms with Crippen molar-refractivity contribution >= 4 is 11.1 Å². The van der Waals surface area contributed by atoms with Gasteiger partial charge in [-0.15, -0.1) is 0 Å². The molecular formula is C13H19N3O. The Morgan fingerprint density at radius 1 is 1.41 bits per heavy atom. The van der Waals surface area contributed by atoms with Gasteiger partial charge in [-0.05, 0) is 30.2 Å². The molecular weight excluding hydrogens is 214 g/mol. The number of nitrogens with two attached hydrogens (primary N) is 2. The van der Waals surface area contributed by atoms with Crippen LogP contribution in [0.15, 0.2) is 22.6 Å². The van der Waals surface area contributed by atoms with Crippen molar-refractivity contribution in [2.75, 3.05) is 6.54 Å². The van der Waals surface area contributed by atoms with Crippen LogP contribution in [0.25, 0.3) is 11.1 Å². The lowest BCUT2D eigenvalue weighted by molar-refractivity contribution is 0.428. The first-order valence-corrected chi connectivity index (χ1v) is 5.98. The molecule has 4 heteroatoms. The maximum absolute atomic E-state index is 6.22. The molecule has 2 rings (SSSR count). The predicted octanol–water partition coefficient (Wildman–Crippen LogP) is 2.12. The quantitative estimate of drug-likeness (QED) is 0.847. The Balaban J connectivity index is 2.34. The van der Waals surface area contributed by atoms with Crippen LogP contribution < -0.4 is 11.5 Å². The molecule has 0 radical (unpaired) electrons. The van der Waals surface area contributed by atoms with Gasteiger partial charge in [-0.1, -0.05) is 19.4 Å². The third-order valence-corrected chi connectivity index (χ3v) is 3.24. The highest BCUT2D eigenvalue weighted by Gasteiger charge is 2.17. The van der Waals surface area contributed by atoms with Crippen molar-refractivity contribution in [3.63, 3.8) is 0 Å². The maximum Gasteiger partial charge on any atom is 0.192 e. The molecule has 0 aliphatic heterocycles. The van der Waals surface area contributed by atoms with Gasteiger partial charge < -0.3 is 15.9 Å². The lowest BCUT2D eigenvalue weighted by Crippen LogP contribution is -2.27. The molecule has 2 unspecified atom stereocenters. The zero-order valence-corrected chi connectivity index (χ0v) is 10.3. The first kappa shape index (κ1) is 12.1. The molecule has 0 bridgehead atoms. The second kappa shape index (κ2) is 4.85. The van der Waals surface area contributed by atoms with Gasteiger partial charge in [0.25, 0.3) is 0 Å². The Morgan fingerprint density at radius 2 is 2.18 bits per heavy atom. The summed E-state index contributed by atoms with van der Waals surface area (Å²) in [5.41, 5.74) is 14.7. The van der Waals surface area contributed by atoms with E-state index in [-0.39, 0.29) is 6.04 Å². The van der Waals surface area contributed by atoms with E-state index in [1.807, 2.05) is 25.1 Å². The lowest BCUT2D eigenvalue weighted by atomic mass is 9.91. The number of aromatic nitrogens is 1. The molecule has 2 aromatic rings. The number of hydrogen-bond donors (Lipinski definition) is 2. The Hall–Kier alpha value is -1.39. The highest BCUT2D eigenvalue weighted by molar-refractivity contribution is 5.73. The average Bonchev–Trinajstić information content (AvgIpc) is 2.69. The minimum Gasteiger partial charge on any atom is -0.441 e.